The predicted octanol–water partition coefficient (Wildman–Crippen LogP) is 5.53. The zero-order chi connectivity index (χ0) is 24.8. The standard InChI is InChI=1S/C26H21ClN2O6/c1-2-33-22-12-17(14-28-29-25(30)23-13-19-5-3-4-6-21(19)35-23)11-20(27)24(22)34-15-16-7-9-18(10-8-16)26(31)32/h3-14H,2,15H2,1H3,(H,29,30)(H,31,32)/b28-14+. The molecule has 3 aromatic carbocycles. The van der Waals surface area contributed by atoms with E-state index in [2.05, 4.69) is 10.5 Å². The molecule has 2 N–H and O–H groups in total. The van der Waals surface area contributed by atoms with Crippen LogP contribution in [0.15, 0.2) is 76.2 Å². The Balaban J connectivity index is 1.45. The van der Waals surface area contributed by atoms with Gasteiger partial charge in [0.15, 0.2) is 17.3 Å². The van der Waals surface area contributed by atoms with E-state index in [1.807, 2.05) is 25.1 Å². The summed E-state index contributed by atoms with van der Waals surface area (Å²) in [5.41, 5.74) is 4.59. The number of benzene rings is 3. The maximum Gasteiger partial charge on any atom is 0.335 e. The summed E-state index contributed by atoms with van der Waals surface area (Å²) in [6.45, 7) is 2.38. The molecule has 35 heavy (non-hydrogen) atoms. The lowest BCUT2D eigenvalue weighted by atomic mass is 10.1. The third-order valence-corrected chi connectivity index (χ3v) is 5.23. The van der Waals surface area contributed by atoms with Crippen LogP contribution in [0.1, 0.15) is 39.0 Å². The van der Waals surface area contributed by atoms with Crippen molar-refractivity contribution in [1.82, 2.24) is 5.43 Å². The minimum atomic E-state index is -0.995. The van der Waals surface area contributed by atoms with E-state index < -0.39 is 11.9 Å². The number of halogens is 1. The summed E-state index contributed by atoms with van der Waals surface area (Å²) in [7, 11) is 0. The molecule has 4 aromatic rings. The number of carboxylic acids is 1. The van der Waals surface area contributed by atoms with Crippen LogP contribution in [0.25, 0.3) is 11.0 Å². The van der Waals surface area contributed by atoms with E-state index in [0.29, 0.717) is 34.3 Å². The number of carbonyl (C=O) groups excluding carboxylic acids is 1. The number of carbonyl (C=O) groups is 2. The number of carboxylic acid groups (broad SMARTS) is 1. The molecule has 0 radical (unpaired) electrons. The highest BCUT2D eigenvalue weighted by molar-refractivity contribution is 6.32. The van der Waals surface area contributed by atoms with Crippen molar-refractivity contribution in [3.8, 4) is 11.5 Å². The van der Waals surface area contributed by atoms with Crippen LogP contribution in [0.2, 0.25) is 5.02 Å². The number of rotatable bonds is 9. The molecular formula is C26H21ClN2O6. The molecule has 178 valence electrons. The molecule has 1 amide bonds. The van der Waals surface area contributed by atoms with E-state index in [0.717, 1.165) is 10.9 Å². The van der Waals surface area contributed by atoms with Gasteiger partial charge in [-0.3, -0.25) is 4.79 Å². The SMILES string of the molecule is CCOc1cc(/C=N/NC(=O)c2cc3ccccc3o2)cc(Cl)c1OCc1ccc(C(=O)O)cc1. The molecule has 0 atom stereocenters. The van der Waals surface area contributed by atoms with E-state index in [-0.39, 0.29) is 17.9 Å². The van der Waals surface area contributed by atoms with Gasteiger partial charge in [0.2, 0.25) is 0 Å². The first-order chi connectivity index (χ1) is 16.9. The summed E-state index contributed by atoms with van der Waals surface area (Å²) in [5.74, 6) is -0.573. The Morgan fingerprint density at radius 1 is 1.09 bits per heavy atom. The molecule has 0 aliphatic heterocycles. The van der Waals surface area contributed by atoms with Crippen molar-refractivity contribution in [1.29, 1.82) is 0 Å². The Kier molecular flexibility index (Phi) is 7.32. The van der Waals surface area contributed by atoms with Gasteiger partial charge >= 0.3 is 11.9 Å². The van der Waals surface area contributed by atoms with Gasteiger partial charge in [0.05, 0.1) is 23.4 Å². The molecule has 1 heterocycles. The van der Waals surface area contributed by atoms with Crippen LogP contribution in [-0.4, -0.2) is 29.8 Å². The second-order valence-corrected chi connectivity index (χ2v) is 7.81. The second-order valence-electron chi connectivity index (χ2n) is 7.40. The lowest BCUT2D eigenvalue weighted by molar-refractivity contribution is 0.0696. The third-order valence-electron chi connectivity index (χ3n) is 4.94. The summed E-state index contributed by atoms with van der Waals surface area (Å²) in [6.07, 6.45) is 1.43. The summed E-state index contributed by atoms with van der Waals surface area (Å²) < 4.78 is 17.1. The number of nitrogens with zero attached hydrogens (tertiary/aromatic N) is 1. The van der Waals surface area contributed by atoms with Crippen molar-refractivity contribution in [2.24, 2.45) is 5.10 Å². The van der Waals surface area contributed by atoms with Gasteiger partial charge in [0.25, 0.3) is 0 Å². The number of ether oxygens (including phenoxy) is 2. The highest BCUT2D eigenvalue weighted by Gasteiger charge is 2.14. The Hall–Kier alpha value is -4.30. The Bertz CT molecular complexity index is 1360. The summed E-state index contributed by atoms with van der Waals surface area (Å²) in [4.78, 5) is 23.4. The topological polar surface area (TPSA) is 110 Å². The third kappa shape index (κ3) is 5.80. The summed E-state index contributed by atoms with van der Waals surface area (Å²) in [5, 5.41) is 14.1. The van der Waals surface area contributed by atoms with Crippen LogP contribution in [0.5, 0.6) is 11.5 Å². The molecule has 9 heteroatoms. The van der Waals surface area contributed by atoms with Crippen LogP contribution in [0.4, 0.5) is 0 Å². The maximum atomic E-state index is 12.4. The maximum absolute atomic E-state index is 12.4. The lowest BCUT2D eigenvalue weighted by Gasteiger charge is -2.14. The molecule has 0 aliphatic carbocycles. The zero-order valence-corrected chi connectivity index (χ0v) is 19.4. The molecule has 0 fully saturated rings. The Morgan fingerprint density at radius 3 is 2.57 bits per heavy atom. The average molecular weight is 493 g/mol. The Morgan fingerprint density at radius 2 is 1.86 bits per heavy atom. The van der Waals surface area contributed by atoms with Gasteiger partial charge in [-0.15, -0.1) is 0 Å². The monoisotopic (exact) mass is 492 g/mol. The van der Waals surface area contributed by atoms with Crippen LogP contribution >= 0.6 is 11.6 Å². The fourth-order valence-corrected chi connectivity index (χ4v) is 3.55. The molecule has 0 aliphatic rings. The second kappa shape index (κ2) is 10.8. The van der Waals surface area contributed by atoms with Crippen LogP contribution in [0.3, 0.4) is 0 Å². The summed E-state index contributed by atoms with van der Waals surface area (Å²) >= 11 is 6.44. The van der Waals surface area contributed by atoms with E-state index >= 15 is 0 Å². The van der Waals surface area contributed by atoms with Crippen molar-refractivity contribution in [3.63, 3.8) is 0 Å². The van der Waals surface area contributed by atoms with Gasteiger partial charge in [-0.05, 0) is 54.4 Å². The van der Waals surface area contributed by atoms with Crippen molar-refractivity contribution >= 4 is 40.7 Å². The van der Waals surface area contributed by atoms with Gasteiger partial charge in [-0.2, -0.15) is 5.10 Å². The van der Waals surface area contributed by atoms with E-state index in [9.17, 15) is 9.59 Å². The number of hydrogen-bond donors (Lipinski definition) is 2. The number of amides is 1. The summed E-state index contributed by atoms with van der Waals surface area (Å²) in [6, 6.07) is 18.6. The number of hydrogen-bond acceptors (Lipinski definition) is 6. The van der Waals surface area contributed by atoms with E-state index in [4.69, 9.17) is 30.6 Å². The zero-order valence-electron chi connectivity index (χ0n) is 18.7. The molecule has 8 nitrogen and oxygen atoms in total. The highest BCUT2D eigenvalue weighted by atomic mass is 35.5. The molecular weight excluding hydrogens is 472 g/mol. The number of furan rings is 1. The van der Waals surface area contributed by atoms with Crippen molar-refractivity contribution in [3.05, 3.63) is 94.2 Å². The molecule has 0 saturated carbocycles. The number of fused-ring (bicyclic) bond motifs is 1. The minimum Gasteiger partial charge on any atom is -0.490 e. The molecule has 4 rings (SSSR count). The smallest absolute Gasteiger partial charge is 0.335 e. The van der Waals surface area contributed by atoms with Gasteiger partial charge in [0, 0.05) is 5.39 Å². The number of hydrazone groups is 1. The van der Waals surface area contributed by atoms with Gasteiger partial charge in [0.1, 0.15) is 12.2 Å². The molecule has 0 saturated heterocycles. The fourth-order valence-electron chi connectivity index (χ4n) is 3.28. The first-order valence-electron chi connectivity index (χ1n) is 10.7. The molecule has 0 bridgehead atoms. The predicted molar refractivity (Wildman–Crippen MR) is 132 cm³/mol. The van der Waals surface area contributed by atoms with Crippen LogP contribution in [0, 0.1) is 0 Å². The van der Waals surface area contributed by atoms with Crippen molar-refractivity contribution in [2.75, 3.05) is 6.61 Å². The largest absolute Gasteiger partial charge is 0.490 e. The lowest BCUT2D eigenvalue weighted by Crippen LogP contribution is -2.16. The van der Waals surface area contributed by atoms with Gasteiger partial charge in [-0.1, -0.05) is 41.9 Å². The molecule has 0 spiro atoms. The minimum absolute atomic E-state index is 0.150. The van der Waals surface area contributed by atoms with Crippen molar-refractivity contribution in [2.45, 2.75) is 13.5 Å². The highest BCUT2D eigenvalue weighted by Crippen LogP contribution is 2.37. The van der Waals surface area contributed by atoms with Gasteiger partial charge in [-0.25, -0.2) is 10.2 Å². The number of aromatic carboxylic acids is 1. The fraction of sp³-hybridized carbons (Fsp3) is 0.115. The van der Waals surface area contributed by atoms with Gasteiger partial charge < -0.3 is 19.0 Å². The van der Waals surface area contributed by atoms with Crippen LogP contribution in [-0.2, 0) is 6.61 Å². The van der Waals surface area contributed by atoms with E-state index in [1.54, 1.807) is 36.4 Å². The van der Waals surface area contributed by atoms with Crippen molar-refractivity contribution < 1.29 is 28.6 Å². The molecule has 0 unspecified atom stereocenters. The normalized spacial score (nSPS) is 11.0. The Labute approximate surface area is 205 Å². The van der Waals surface area contributed by atoms with Crippen LogP contribution < -0.4 is 14.9 Å². The first-order valence-corrected chi connectivity index (χ1v) is 11.1. The number of nitrogens with one attached hydrogen (secondary N) is 1. The number of para-hydroxylation sites is 1. The molecule has 1 aromatic heterocycles. The quantitative estimate of drug-likeness (QED) is 0.235. The van der Waals surface area contributed by atoms with E-state index in [1.165, 1.54) is 18.3 Å². The first kappa shape index (κ1) is 23.8. The average Bonchev–Trinajstić information content (AvgIpc) is 3.28.